The standard InChI is InChI=1S/C13H18N2O3/c16-9-12-8-14-6-7-15(12)13(17)18-10-11-4-2-1-3-5-11/h1-5,12,14,16H,6-10H2/t12-/m0/s1. The molecule has 1 fully saturated rings. The van der Waals surface area contributed by atoms with Crippen LogP contribution < -0.4 is 5.32 Å². The van der Waals surface area contributed by atoms with Gasteiger partial charge in [0.1, 0.15) is 6.61 Å². The summed E-state index contributed by atoms with van der Waals surface area (Å²) in [7, 11) is 0. The summed E-state index contributed by atoms with van der Waals surface area (Å²) in [5.41, 5.74) is 0.960. The summed E-state index contributed by atoms with van der Waals surface area (Å²) >= 11 is 0. The number of hydrogen-bond acceptors (Lipinski definition) is 4. The second-order valence-electron chi connectivity index (χ2n) is 4.27. The molecule has 1 aromatic carbocycles. The summed E-state index contributed by atoms with van der Waals surface area (Å²) < 4.78 is 5.25. The fourth-order valence-electron chi connectivity index (χ4n) is 1.97. The molecule has 1 heterocycles. The normalized spacial score (nSPS) is 19.6. The molecule has 1 saturated heterocycles. The molecule has 2 rings (SSSR count). The van der Waals surface area contributed by atoms with E-state index in [9.17, 15) is 9.90 Å². The lowest BCUT2D eigenvalue weighted by atomic mass is 10.2. The number of rotatable bonds is 3. The molecule has 0 saturated carbocycles. The predicted octanol–water partition coefficient (Wildman–Crippen LogP) is 0.589. The zero-order chi connectivity index (χ0) is 12.8. The number of aliphatic hydroxyl groups is 1. The first-order valence-corrected chi connectivity index (χ1v) is 6.10. The van der Waals surface area contributed by atoms with Gasteiger partial charge in [0.2, 0.25) is 0 Å². The molecule has 0 spiro atoms. The molecule has 1 aromatic rings. The fraction of sp³-hybridized carbons (Fsp3) is 0.462. The summed E-state index contributed by atoms with van der Waals surface area (Å²) in [6, 6.07) is 9.36. The van der Waals surface area contributed by atoms with Crippen molar-refractivity contribution in [3.63, 3.8) is 0 Å². The Morgan fingerprint density at radius 1 is 1.44 bits per heavy atom. The van der Waals surface area contributed by atoms with Gasteiger partial charge in [-0.25, -0.2) is 4.79 Å². The third kappa shape index (κ3) is 3.21. The van der Waals surface area contributed by atoms with Crippen LogP contribution in [0.3, 0.4) is 0 Å². The fourth-order valence-corrected chi connectivity index (χ4v) is 1.97. The van der Waals surface area contributed by atoms with Crippen LogP contribution in [-0.2, 0) is 11.3 Å². The maximum Gasteiger partial charge on any atom is 0.410 e. The molecular weight excluding hydrogens is 232 g/mol. The molecule has 1 amide bonds. The average Bonchev–Trinajstić information content (AvgIpc) is 2.45. The second-order valence-corrected chi connectivity index (χ2v) is 4.27. The molecule has 0 radical (unpaired) electrons. The SMILES string of the molecule is O=C(OCc1ccccc1)N1CCNC[C@H]1CO. The molecule has 1 aliphatic rings. The smallest absolute Gasteiger partial charge is 0.410 e. The number of ether oxygens (including phenoxy) is 1. The molecule has 2 N–H and O–H groups in total. The van der Waals surface area contributed by atoms with Crippen LogP contribution in [0.15, 0.2) is 30.3 Å². The van der Waals surface area contributed by atoms with E-state index < -0.39 is 0 Å². The van der Waals surface area contributed by atoms with Crippen LogP contribution in [0, 0.1) is 0 Å². The second kappa shape index (κ2) is 6.37. The molecule has 0 unspecified atom stereocenters. The van der Waals surface area contributed by atoms with Gasteiger partial charge in [0.05, 0.1) is 12.6 Å². The molecule has 0 aliphatic carbocycles. The van der Waals surface area contributed by atoms with Crippen LogP contribution in [0.2, 0.25) is 0 Å². The molecule has 5 nitrogen and oxygen atoms in total. The highest BCUT2D eigenvalue weighted by Gasteiger charge is 2.26. The minimum atomic E-state index is -0.362. The number of hydrogen-bond donors (Lipinski definition) is 2. The number of benzene rings is 1. The van der Waals surface area contributed by atoms with Crippen molar-refractivity contribution >= 4 is 6.09 Å². The largest absolute Gasteiger partial charge is 0.445 e. The van der Waals surface area contributed by atoms with Crippen molar-refractivity contribution in [2.45, 2.75) is 12.6 Å². The molecule has 1 atom stereocenters. The number of nitrogens with one attached hydrogen (secondary N) is 1. The van der Waals surface area contributed by atoms with E-state index in [0.717, 1.165) is 12.1 Å². The van der Waals surface area contributed by atoms with Crippen molar-refractivity contribution in [2.75, 3.05) is 26.2 Å². The van der Waals surface area contributed by atoms with Gasteiger partial charge in [-0.05, 0) is 5.56 Å². The van der Waals surface area contributed by atoms with Gasteiger partial charge in [-0.3, -0.25) is 0 Å². The van der Waals surface area contributed by atoms with Gasteiger partial charge in [0.15, 0.2) is 0 Å². The number of carbonyl (C=O) groups is 1. The number of carbonyl (C=O) groups excluding carboxylic acids is 1. The Kier molecular flexibility index (Phi) is 4.55. The zero-order valence-electron chi connectivity index (χ0n) is 10.2. The Labute approximate surface area is 106 Å². The highest BCUT2D eigenvalue weighted by molar-refractivity contribution is 5.68. The van der Waals surface area contributed by atoms with Crippen LogP contribution in [0.5, 0.6) is 0 Å². The van der Waals surface area contributed by atoms with E-state index in [4.69, 9.17) is 4.74 Å². The Morgan fingerprint density at radius 3 is 2.94 bits per heavy atom. The molecule has 0 bridgehead atoms. The van der Waals surface area contributed by atoms with Gasteiger partial charge in [0.25, 0.3) is 0 Å². The van der Waals surface area contributed by atoms with Gasteiger partial charge in [-0.2, -0.15) is 0 Å². The lowest BCUT2D eigenvalue weighted by Crippen LogP contribution is -2.55. The van der Waals surface area contributed by atoms with Crippen molar-refractivity contribution in [3.05, 3.63) is 35.9 Å². The topological polar surface area (TPSA) is 61.8 Å². The molecule has 18 heavy (non-hydrogen) atoms. The predicted molar refractivity (Wildman–Crippen MR) is 67.1 cm³/mol. The van der Waals surface area contributed by atoms with Crippen molar-refractivity contribution in [2.24, 2.45) is 0 Å². The third-order valence-electron chi connectivity index (χ3n) is 3.00. The van der Waals surface area contributed by atoms with E-state index in [0.29, 0.717) is 13.1 Å². The van der Waals surface area contributed by atoms with E-state index in [1.54, 1.807) is 4.90 Å². The van der Waals surface area contributed by atoms with E-state index in [1.165, 1.54) is 0 Å². The summed E-state index contributed by atoms with van der Waals surface area (Å²) in [6.45, 7) is 2.13. The van der Waals surface area contributed by atoms with Crippen molar-refractivity contribution in [3.8, 4) is 0 Å². The molecular formula is C13H18N2O3. The summed E-state index contributed by atoms with van der Waals surface area (Å²) in [6.07, 6.45) is -0.362. The number of piperazine rings is 1. The Bertz CT molecular complexity index is 383. The van der Waals surface area contributed by atoms with Crippen LogP contribution in [0.1, 0.15) is 5.56 Å². The summed E-state index contributed by atoms with van der Waals surface area (Å²) in [4.78, 5) is 13.5. The van der Waals surface area contributed by atoms with Crippen LogP contribution >= 0.6 is 0 Å². The number of nitrogens with zero attached hydrogens (tertiary/aromatic N) is 1. The van der Waals surface area contributed by atoms with Gasteiger partial charge in [-0.1, -0.05) is 30.3 Å². The highest BCUT2D eigenvalue weighted by atomic mass is 16.6. The molecule has 98 valence electrons. The van der Waals surface area contributed by atoms with Crippen molar-refractivity contribution in [1.82, 2.24) is 10.2 Å². The van der Waals surface area contributed by atoms with Crippen LogP contribution in [0.25, 0.3) is 0 Å². The van der Waals surface area contributed by atoms with Crippen LogP contribution in [-0.4, -0.2) is 48.4 Å². The zero-order valence-corrected chi connectivity index (χ0v) is 10.2. The lowest BCUT2D eigenvalue weighted by Gasteiger charge is -2.34. The maximum atomic E-state index is 11.9. The summed E-state index contributed by atoms with van der Waals surface area (Å²) in [5.74, 6) is 0. The van der Waals surface area contributed by atoms with Gasteiger partial charge >= 0.3 is 6.09 Å². The van der Waals surface area contributed by atoms with Gasteiger partial charge in [-0.15, -0.1) is 0 Å². The first-order chi connectivity index (χ1) is 8.81. The van der Waals surface area contributed by atoms with E-state index in [-0.39, 0.29) is 25.3 Å². The first kappa shape index (κ1) is 12.9. The molecule has 1 aliphatic heterocycles. The monoisotopic (exact) mass is 250 g/mol. The quantitative estimate of drug-likeness (QED) is 0.824. The van der Waals surface area contributed by atoms with E-state index in [2.05, 4.69) is 5.32 Å². The Morgan fingerprint density at radius 2 is 2.22 bits per heavy atom. The van der Waals surface area contributed by atoms with E-state index in [1.807, 2.05) is 30.3 Å². The van der Waals surface area contributed by atoms with Crippen molar-refractivity contribution in [1.29, 1.82) is 0 Å². The van der Waals surface area contributed by atoms with Crippen LogP contribution in [0.4, 0.5) is 4.79 Å². The summed E-state index contributed by atoms with van der Waals surface area (Å²) in [5, 5.41) is 12.3. The molecule has 0 aromatic heterocycles. The van der Waals surface area contributed by atoms with Gasteiger partial charge in [0, 0.05) is 19.6 Å². The minimum Gasteiger partial charge on any atom is -0.445 e. The van der Waals surface area contributed by atoms with E-state index >= 15 is 0 Å². The van der Waals surface area contributed by atoms with Crippen molar-refractivity contribution < 1.29 is 14.6 Å². The Hall–Kier alpha value is -1.59. The van der Waals surface area contributed by atoms with Gasteiger partial charge < -0.3 is 20.1 Å². The average molecular weight is 250 g/mol. The Balaban J connectivity index is 1.87. The molecule has 5 heteroatoms. The third-order valence-corrected chi connectivity index (χ3v) is 3.00. The minimum absolute atomic E-state index is 0.0482. The first-order valence-electron chi connectivity index (χ1n) is 6.10. The number of amides is 1. The maximum absolute atomic E-state index is 11.9. The number of aliphatic hydroxyl groups excluding tert-OH is 1. The lowest BCUT2D eigenvalue weighted by molar-refractivity contribution is 0.0551. The highest BCUT2D eigenvalue weighted by Crippen LogP contribution is 2.08.